The number of halogens is 1. The van der Waals surface area contributed by atoms with Gasteiger partial charge in [-0.05, 0) is 21.5 Å². The maximum Gasteiger partial charge on any atom is 0.194 e. The second-order valence-corrected chi connectivity index (χ2v) is 11.1. The Bertz CT molecular complexity index is 1380. The zero-order chi connectivity index (χ0) is 24.0. The van der Waals surface area contributed by atoms with Crippen molar-refractivity contribution in [1.82, 2.24) is 0 Å². The molecule has 0 fully saturated rings. The van der Waals surface area contributed by atoms with Crippen LogP contribution >= 0.6 is 27.3 Å². The number of ether oxygens (including phenoxy) is 1. The number of nitrogens with zero attached hydrogens (tertiary/aromatic N) is 2. The Morgan fingerprint density at radius 1 is 0.912 bits per heavy atom. The van der Waals surface area contributed by atoms with Crippen LogP contribution in [0.5, 0.6) is 5.06 Å². The fourth-order valence-electron chi connectivity index (χ4n) is 3.22. The molecule has 1 heterocycles. The van der Waals surface area contributed by atoms with E-state index in [-0.39, 0.29) is 11.5 Å². The number of sulfone groups is 1. The predicted octanol–water partition coefficient (Wildman–Crippen LogP) is 6.36. The zero-order valence-corrected chi connectivity index (χ0v) is 21.5. The van der Waals surface area contributed by atoms with Gasteiger partial charge in [-0.3, -0.25) is 0 Å². The van der Waals surface area contributed by atoms with Gasteiger partial charge < -0.3 is 4.74 Å². The standard InChI is InChI=1S/C26H21BrN2O3S2/c1-34(30,31)25-23(27)22(33-26(25)32-18-19-11-5-2-6-12-19)17-28-29-24(20-13-7-3-8-14-20)21-15-9-4-10-16-21/h2-17H,18H2,1H3. The van der Waals surface area contributed by atoms with E-state index in [1.54, 1.807) is 6.21 Å². The van der Waals surface area contributed by atoms with Crippen molar-refractivity contribution in [2.45, 2.75) is 11.5 Å². The Hall–Kier alpha value is -3.07. The molecule has 5 nitrogen and oxygen atoms in total. The highest BCUT2D eigenvalue weighted by Crippen LogP contribution is 2.42. The first-order valence-corrected chi connectivity index (χ1v) is 13.8. The quantitative estimate of drug-likeness (QED) is 0.188. The van der Waals surface area contributed by atoms with Crippen LogP contribution in [0.1, 0.15) is 21.6 Å². The molecule has 0 aliphatic carbocycles. The van der Waals surface area contributed by atoms with Crippen LogP contribution in [0.4, 0.5) is 0 Å². The summed E-state index contributed by atoms with van der Waals surface area (Å²) < 4.78 is 31.3. The van der Waals surface area contributed by atoms with Crippen molar-refractivity contribution in [1.29, 1.82) is 0 Å². The van der Waals surface area contributed by atoms with Gasteiger partial charge in [-0.1, -0.05) is 102 Å². The number of benzene rings is 3. The van der Waals surface area contributed by atoms with Gasteiger partial charge in [0, 0.05) is 17.4 Å². The minimum absolute atomic E-state index is 0.116. The molecule has 172 valence electrons. The van der Waals surface area contributed by atoms with Crippen LogP contribution < -0.4 is 4.74 Å². The van der Waals surface area contributed by atoms with Gasteiger partial charge >= 0.3 is 0 Å². The molecule has 0 saturated carbocycles. The van der Waals surface area contributed by atoms with Crippen LogP contribution in [-0.4, -0.2) is 26.6 Å². The van der Waals surface area contributed by atoms with Gasteiger partial charge in [-0.2, -0.15) is 5.10 Å². The lowest BCUT2D eigenvalue weighted by Crippen LogP contribution is -2.02. The van der Waals surface area contributed by atoms with Crippen LogP contribution in [0.2, 0.25) is 0 Å². The van der Waals surface area contributed by atoms with E-state index in [0.717, 1.165) is 22.9 Å². The zero-order valence-electron chi connectivity index (χ0n) is 18.3. The van der Waals surface area contributed by atoms with Crippen LogP contribution in [0.25, 0.3) is 0 Å². The van der Waals surface area contributed by atoms with Gasteiger partial charge in [-0.25, -0.2) is 8.42 Å². The maximum atomic E-state index is 12.5. The molecular formula is C26H21BrN2O3S2. The van der Waals surface area contributed by atoms with Crippen LogP contribution in [0, 0.1) is 0 Å². The Morgan fingerprint density at radius 3 is 1.97 bits per heavy atom. The van der Waals surface area contributed by atoms with E-state index in [1.165, 1.54) is 11.3 Å². The van der Waals surface area contributed by atoms with Gasteiger partial charge in [0.1, 0.15) is 17.2 Å². The smallest absolute Gasteiger partial charge is 0.194 e. The highest BCUT2D eigenvalue weighted by Gasteiger charge is 2.25. The molecule has 34 heavy (non-hydrogen) atoms. The van der Waals surface area contributed by atoms with Gasteiger partial charge in [0.15, 0.2) is 14.9 Å². The van der Waals surface area contributed by atoms with E-state index in [2.05, 4.69) is 26.1 Å². The molecule has 0 amide bonds. The topological polar surface area (TPSA) is 68.1 Å². The molecule has 4 aromatic rings. The third-order valence-electron chi connectivity index (χ3n) is 4.81. The molecular weight excluding hydrogens is 532 g/mol. The van der Waals surface area contributed by atoms with Crippen molar-refractivity contribution in [3.63, 3.8) is 0 Å². The molecule has 0 spiro atoms. The van der Waals surface area contributed by atoms with Gasteiger partial charge in [0.2, 0.25) is 0 Å². The molecule has 0 saturated heterocycles. The fourth-order valence-corrected chi connectivity index (χ4v) is 7.00. The molecule has 0 bridgehead atoms. The summed E-state index contributed by atoms with van der Waals surface area (Å²) in [5.74, 6) is 0. The van der Waals surface area contributed by atoms with E-state index in [4.69, 9.17) is 4.74 Å². The first-order valence-electron chi connectivity index (χ1n) is 10.3. The van der Waals surface area contributed by atoms with Crippen molar-refractivity contribution < 1.29 is 13.2 Å². The summed E-state index contributed by atoms with van der Waals surface area (Å²) in [4.78, 5) is 0.720. The minimum atomic E-state index is -3.53. The number of rotatable bonds is 8. The summed E-state index contributed by atoms with van der Waals surface area (Å²) >= 11 is 4.64. The minimum Gasteiger partial charge on any atom is -0.478 e. The molecule has 0 N–H and O–H groups in total. The third kappa shape index (κ3) is 5.88. The van der Waals surface area contributed by atoms with Crippen LogP contribution in [0.15, 0.2) is 111 Å². The van der Waals surface area contributed by atoms with Crippen LogP contribution in [0.3, 0.4) is 0 Å². The Labute approximate surface area is 211 Å². The monoisotopic (exact) mass is 552 g/mol. The predicted molar refractivity (Wildman–Crippen MR) is 142 cm³/mol. The fraction of sp³-hybridized carbons (Fsp3) is 0.0769. The molecule has 8 heteroatoms. The maximum absolute atomic E-state index is 12.5. The third-order valence-corrected chi connectivity index (χ3v) is 8.46. The summed E-state index contributed by atoms with van der Waals surface area (Å²) in [6.45, 7) is 0.261. The second-order valence-electron chi connectivity index (χ2n) is 7.37. The second kappa shape index (κ2) is 10.9. The van der Waals surface area contributed by atoms with Crippen molar-refractivity contribution >= 4 is 49.0 Å². The Balaban J connectivity index is 1.67. The van der Waals surface area contributed by atoms with Gasteiger partial charge in [0.25, 0.3) is 0 Å². The summed E-state index contributed by atoms with van der Waals surface area (Å²) in [6.07, 6.45) is 2.71. The highest BCUT2D eigenvalue weighted by molar-refractivity contribution is 9.10. The van der Waals surface area contributed by atoms with Gasteiger partial charge in [0.05, 0.1) is 15.6 Å². The molecule has 0 aliphatic heterocycles. The van der Waals surface area contributed by atoms with E-state index in [9.17, 15) is 8.42 Å². The molecule has 4 rings (SSSR count). The largest absolute Gasteiger partial charge is 0.478 e. The van der Waals surface area contributed by atoms with E-state index in [1.807, 2.05) is 91.0 Å². The number of thiophene rings is 1. The van der Waals surface area contributed by atoms with E-state index in [0.29, 0.717) is 20.1 Å². The van der Waals surface area contributed by atoms with E-state index >= 15 is 0 Å². The number of hydrogen-bond acceptors (Lipinski definition) is 6. The normalized spacial score (nSPS) is 11.5. The summed E-state index contributed by atoms with van der Waals surface area (Å²) in [5, 5.41) is 9.10. The first-order chi connectivity index (χ1) is 16.4. The van der Waals surface area contributed by atoms with E-state index < -0.39 is 9.84 Å². The molecule has 0 radical (unpaired) electrons. The Morgan fingerprint density at radius 2 is 1.44 bits per heavy atom. The summed E-state index contributed by atoms with van der Waals surface area (Å²) in [5.41, 5.74) is 3.52. The summed E-state index contributed by atoms with van der Waals surface area (Å²) in [7, 11) is -3.53. The highest BCUT2D eigenvalue weighted by atomic mass is 79.9. The number of hydrogen-bond donors (Lipinski definition) is 0. The average Bonchev–Trinajstić information content (AvgIpc) is 3.18. The van der Waals surface area contributed by atoms with Crippen molar-refractivity contribution in [2.75, 3.05) is 6.26 Å². The molecule has 0 aliphatic rings. The van der Waals surface area contributed by atoms with Crippen LogP contribution in [-0.2, 0) is 16.4 Å². The summed E-state index contributed by atoms with van der Waals surface area (Å²) in [6, 6.07) is 29.2. The molecule has 0 atom stereocenters. The molecule has 1 aromatic heterocycles. The molecule has 0 unspecified atom stereocenters. The molecule has 3 aromatic carbocycles. The average molecular weight is 554 g/mol. The lowest BCUT2D eigenvalue weighted by atomic mass is 10.0. The van der Waals surface area contributed by atoms with Gasteiger partial charge in [-0.15, -0.1) is 5.10 Å². The van der Waals surface area contributed by atoms with Crippen molar-refractivity contribution in [3.8, 4) is 5.06 Å². The lowest BCUT2D eigenvalue weighted by molar-refractivity contribution is 0.308. The van der Waals surface area contributed by atoms with Crippen molar-refractivity contribution in [3.05, 3.63) is 117 Å². The lowest BCUT2D eigenvalue weighted by Gasteiger charge is -2.06. The van der Waals surface area contributed by atoms with Crippen molar-refractivity contribution in [2.24, 2.45) is 10.2 Å². The Kier molecular flexibility index (Phi) is 7.72. The SMILES string of the molecule is CS(=O)(=O)c1c(OCc2ccccc2)sc(C=NN=C(c2ccccc2)c2ccccc2)c1Br. The first kappa shape index (κ1) is 24.1.